The molecule has 7 aromatic rings. The topological polar surface area (TPSA) is 229 Å². The van der Waals surface area contributed by atoms with E-state index in [0.29, 0.717) is 31.5 Å². The number of benzene rings is 4. The predicted octanol–water partition coefficient (Wildman–Crippen LogP) is 7.91. The highest BCUT2D eigenvalue weighted by molar-refractivity contribution is 8.19. The zero-order valence-corrected chi connectivity index (χ0v) is 33.5. The molecule has 3 fully saturated rings. The quantitative estimate of drug-likeness (QED) is 0.0977. The maximum absolute atomic E-state index is 11.7. The van der Waals surface area contributed by atoms with Crippen LogP contribution in [-0.4, -0.2) is 47.3 Å². The van der Waals surface area contributed by atoms with Crippen molar-refractivity contribution in [3.05, 3.63) is 134 Å². The summed E-state index contributed by atoms with van der Waals surface area (Å²) in [5.74, 6) is 5.41. The standard InChI is InChI=1S/C20H11NO3S.C11H7N3O3S.C10H5N3O2S2/c22-19-18(25-20(23)21-19)11-14-7-9-17-16(10-14)15(12-24-17)8-6-13-4-2-1-3-5-13;12-9-6-3-5(1-2-7(6)17-14-9)4-8-10(15)13-11(16)18-8;14-9-8(16-10(15)11-9)4-5-1-2-6-7(3-5)13-17-12-6/h1-5,7,9-12H,(H,21,22,23);1-4H,(H2,12,14)(H,13,15,16);1-4H,(H,11,14,15). The number of hydrogen-bond acceptors (Lipinski definition) is 16. The van der Waals surface area contributed by atoms with Crippen LogP contribution < -0.4 is 21.7 Å². The number of amides is 6. The molecular weight excluding hydrogens is 847 g/mol. The molecule has 3 aliphatic rings. The third kappa shape index (κ3) is 9.22. The highest BCUT2D eigenvalue weighted by Gasteiger charge is 2.27. The normalized spacial score (nSPS) is 16.8. The Morgan fingerprint density at radius 2 is 1.12 bits per heavy atom. The average Bonchev–Trinajstić information content (AvgIpc) is 4.10. The number of nitrogens with zero attached hydrogens (tertiary/aromatic N) is 3. The SMILES string of the molecule is Nc1noc2ccc(C=C3SC(=O)NC3=O)cc12.O=C1NC(=O)C(=Cc2ccc3nsnc3c2)S1.O=C1NC(=O)C(=Cc2ccc3occ(C#Cc4ccccc4)c3c2)S1. The molecule has 0 atom stereocenters. The van der Waals surface area contributed by atoms with Gasteiger partial charge in [-0.2, -0.15) is 8.75 Å². The van der Waals surface area contributed by atoms with E-state index in [-0.39, 0.29) is 33.4 Å². The van der Waals surface area contributed by atoms with Gasteiger partial charge in [0.25, 0.3) is 33.4 Å². The number of rotatable bonds is 3. The van der Waals surface area contributed by atoms with E-state index in [4.69, 9.17) is 14.7 Å². The van der Waals surface area contributed by atoms with Crippen molar-refractivity contribution in [2.24, 2.45) is 0 Å². The summed E-state index contributed by atoms with van der Waals surface area (Å²) >= 11 is 3.82. The molecule has 294 valence electrons. The first kappa shape index (κ1) is 39.6. The summed E-state index contributed by atoms with van der Waals surface area (Å²) in [7, 11) is 0. The summed E-state index contributed by atoms with van der Waals surface area (Å²) < 4.78 is 18.7. The molecule has 10 rings (SSSR count). The molecule has 0 radical (unpaired) electrons. The number of carbonyl (C=O) groups excluding carboxylic acids is 6. The molecule has 0 unspecified atom stereocenters. The number of nitrogen functional groups attached to an aromatic ring is 1. The minimum Gasteiger partial charge on any atom is -0.463 e. The molecule has 15 nitrogen and oxygen atoms in total. The van der Waals surface area contributed by atoms with Crippen molar-refractivity contribution in [1.29, 1.82) is 0 Å². The molecule has 4 aromatic carbocycles. The van der Waals surface area contributed by atoms with Gasteiger partial charge in [-0.05, 0) is 119 Å². The second kappa shape index (κ2) is 17.3. The van der Waals surface area contributed by atoms with E-state index in [1.54, 1.807) is 42.7 Å². The number of fused-ring (bicyclic) bond motifs is 3. The number of thioether (sulfide) groups is 3. The third-order valence-corrected chi connectivity index (χ3v) is 11.3. The minimum atomic E-state index is -0.386. The number of nitrogens with two attached hydrogens (primary N) is 1. The highest BCUT2D eigenvalue weighted by Crippen LogP contribution is 2.30. The summed E-state index contributed by atoms with van der Waals surface area (Å²) in [6, 6.07) is 26.0. The van der Waals surface area contributed by atoms with Gasteiger partial charge < -0.3 is 14.7 Å². The van der Waals surface area contributed by atoms with Crippen LogP contribution in [-0.2, 0) is 14.4 Å². The number of furan rings is 1. The molecule has 3 aromatic heterocycles. The predicted molar refractivity (Wildman–Crippen MR) is 232 cm³/mol. The summed E-state index contributed by atoms with van der Waals surface area (Å²) in [4.78, 5) is 68.8. The number of carbonyl (C=O) groups is 6. The number of hydrogen-bond donors (Lipinski definition) is 4. The Balaban J connectivity index is 0.000000128. The second-order valence-electron chi connectivity index (χ2n) is 12.4. The molecule has 3 saturated heterocycles. The lowest BCUT2D eigenvalue weighted by Gasteiger charge is -1.96. The Hall–Kier alpha value is -7.24. The number of anilines is 1. The van der Waals surface area contributed by atoms with Crippen molar-refractivity contribution in [1.82, 2.24) is 29.9 Å². The van der Waals surface area contributed by atoms with E-state index in [2.05, 4.69) is 41.7 Å². The largest absolute Gasteiger partial charge is 0.463 e. The molecule has 0 aliphatic carbocycles. The Kier molecular flexibility index (Phi) is 11.4. The van der Waals surface area contributed by atoms with Crippen LogP contribution in [0.3, 0.4) is 0 Å². The van der Waals surface area contributed by atoms with E-state index < -0.39 is 0 Å². The van der Waals surface area contributed by atoms with E-state index in [9.17, 15) is 28.8 Å². The molecule has 5 N–H and O–H groups in total. The van der Waals surface area contributed by atoms with Gasteiger partial charge in [0.15, 0.2) is 11.4 Å². The molecule has 0 spiro atoms. The van der Waals surface area contributed by atoms with E-state index in [1.807, 2.05) is 66.7 Å². The van der Waals surface area contributed by atoms with Crippen molar-refractivity contribution in [2.75, 3.05) is 5.73 Å². The smallest absolute Gasteiger partial charge is 0.290 e. The van der Waals surface area contributed by atoms with Crippen LogP contribution in [0, 0.1) is 11.8 Å². The van der Waals surface area contributed by atoms with Gasteiger partial charge in [0.1, 0.15) is 22.9 Å². The lowest BCUT2D eigenvalue weighted by Crippen LogP contribution is -2.17. The molecule has 6 heterocycles. The minimum absolute atomic E-state index is 0.296. The van der Waals surface area contributed by atoms with Crippen LogP contribution in [0.2, 0.25) is 0 Å². The van der Waals surface area contributed by atoms with E-state index in [1.165, 1.54) is 0 Å². The number of imide groups is 3. The van der Waals surface area contributed by atoms with Crippen molar-refractivity contribution >= 4 is 137 Å². The van der Waals surface area contributed by atoms with Crippen LogP contribution in [0.4, 0.5) is 20.2 Å². The van der Waals surface area contributed by atoms with Gasteiger partial charge in [-0.1, -0.05) is 53.4 Å². The zero-order valence-electron chi connectivity index (χ0n) is 30.2. The molecule has 6 amide bonds. The summed E-state index contributed by atoms with van der Waals surface area (Å²) in [6.45, 7) is 0. The van der Waals surface area contributed by atoms with Gasteiger partial charge in [-0.25, -0.2) is 0 Å². The number of nitrogens with one attached hydrogen (secondary N) is 3. The summed E-state index contributed by atoms with van der Waals surface area (Å²) in [5, 5.41) is 10.8. The molecule has 0 bridgehead atoms. The van der Waals surface area contributed by atoms with Crippen molar-refractivity contribution in [2.45, 2.75) is 0 Å². The van der Waals surface area contributed by atoms with Crippen molar-refractivity contribution < 1.29 is 37.7 Å². The maximum Gasteiger partial charge on any atom is 0.290 e. The maximum atomic E-state index is 11.7. The Labute approximate surface area is 354 Å². The Morgan fingerprint density at radius 3 is 1.70 bits per heavy atom. The fraction of sp³-hybridized carbons (Fsp3) is 0. The second-order valence-corrected chi connectivity index (χ2v) is 16.0. The molecule has 19 heteroatoms. The zero-order chi connectivity index (χ0) is 41.8. The summed E-state index contributed by atoms with van der Waals surface area (Å²) in [6.07, 6.45) is 6.60. The van der Waals surface area contributed by atoms with Crippen LogP contribution in [0.25, 0.3) is 51.2 Å². The molecular formula is C41H23N7O8S4. The van der Waals surface area contributed by atoms with Gasteiger partial charge in [-0.3, -0.25) is 44.7 Å². The monoisotopic (exact) mass is 869 g/mol. The number of aromatic nitrogens is 3. The molecule has 3 aliphatic heterocycles. The van der Waals surface area contributed by atoms with Gasteiger partial charge in [0.05, 0.1) is 37.4 Å². The first-order chi connectivity index (χ1) is 29.0. The van der Waals surface area contributed by atoms with E-state index in [0.717, 1.165) is 96.8 Å². The highest BCUT2D eigenvalue weighted by atomic mass is 32.2. The molecule has 60 heavy (non-hydrogen) atoms. The fourth-order valence-electron chi connectivity index (χ4n) is 5.57. The van der Waals surface area contributed by atoms with Crippen molar-refractivity contribution in [3.63, 3.8) is 0 Å². The first-order valence-corrected chi connectivity index (χ1v) is 20.4. The van der Waals surface area contributed by atoms with Gasteiger partial charge in [0.2, 0.25) is 0 Å². The lowest BCUT2D eigenvalue weighted by molar-refractivity contribution is -0.116. The van der Waals surface area contributed by atoms with E-state index >= 15 is 0 Å². The van der Waals surface area contributed by atoms with Gasteiger partial charge in [-0.15, -0.1) is 0 Å². The Morgan fingerprint density at radius 1 is 0.583 bits per heavy atom. The van der Waals surface area contributed by atoms with Crippen molar-refractivity contribution in [3.8, 4) is 11.8 Å². The lowest BCUT2D eigenvalue weighted by atomic mass is 10.1. The van der Waals surface area contributed by atoms with Crippen LogP contribution in [0.1, 0.15) is 27.8 Å². The van der Waals surface area contributed by atoms with Crippen LogP contribution in [0.5, 0.6) is 0 Å². The van der Waals surface area contributed by atoms with Crippen LogP contribution >= 0.6 is 47.0 Å². The first-order valence-electron chi connectivity index (χ1n) is 17.2. The van der Waals surface area contributed by atoms with Gasteiger partial charge in [0, 0.05) is 10.9 Å². The van der Waals surface area contributed by atoms with Gasteiger partial charge >= 0.3 is 0 Å². The summed E-state index contributed by atoms with van der Waals surface area (Å²) in [5.41, 5.74) is 12.7. The third-order valence-electron chi connectivity index (χ3n) is 8.33. The molecule has 0 saturated carbocycles. The van der Waals surface area contributed by atoms with Crippen LogP contribution in [0.15, 0.2) is 115 Å². The Bertz CT molecular complexity index is 3100. The fourth-order valence-corrected chi connectivity index (χ4v) is 8.13. The average molecular weight is 870 g/mol.